The van der Waals surface area contributed by atoms with E-state index in [4.69, 9.17) is 5.11 Å². The summed E-state index contributed by atoms with van der Waals surface area (Å²) >= 11 is 2.69. The molecule has 0 atom stereocenters. The maximum Gasteiger partial charge on any atom is 1.00 e. The standard InChI is InChI=1S/C7H6O2.CH2Br.Na/c8-7(9)6-4-2-1-3-5-6;1-2;/h1-5H,(H,8,9);1H2;/q;-1;+1. The van der Waals surface area contributed by atoms with E-state index in [-0.39, 0.29) is 29.6 Å². The van der Waals surface area contributed by atoms with E-state index in [1.165, 1.54) is 0 Å². The Kier molecular flexibility index (Phi) is 11.3. The molecule has 4 heteroatoms. The molecule has 0 heterocycles. The number of benzene rings is 1. The van der Waals surface area contributed by atoms with Crippen molar-refractivity contribution in [2.75, 3.05) is 0 Å². The minimum Gasteiger partial charge on any atom is -0.478 e. The van der Waals surface area contributed by atoms with Gasteiger partial charge in [-0.2, -0.15) is 0 Å². The summed E-state index contributed by atoms with van der Waals surface area (Å²) in [7, 11) is 0. The molecule has 0 aliphatic heterocycles. The fourth-order valence-electron chi connectivity index (χ4n) is 0.581. The molecule has 0 aromatic heterocycles. The van der Waals surface area contributed by atoms with Crippen LogP contribution in [-0.4, -0.2) is 11.1 Å². The van der Waals surface area contributed by atoms with Crippen LogP contribution in [0.15, 0.2) is 30.3 Å². The molecule has 0 saturated heterocycles. The van der Waals surface area contributed by atoms with Crippen molar-refractivity contribution >= 4 is 21.9 Å². The molecule has 0 aliphatic carbocycles. The summed E-state index contributed by atoms with van der Waals surface area (Å²) in [6, 6.07) is 8.30. The van der Waals surface area contributed by atoms with Crippen LogP contribution in [0.5, 0.6) is 0 Å². The van der Waals surface area contributed by atoms with E-state index in [0.29, 0.717) is 5.56 Å². The predicted molar refractivity (Wildman–Crippen MR) is 47.7 cm³/mol. The molecule has 0 fully saturated rings. The molecule has 0 aliphatic rings. The molecule has 0 spiro atoms. The van der Waals surface area contributed by atoms with Crippen molar-refractivity contribution in [3.8, 4) is 0 Å². The summed E-state index contributed by atoms with van der Waals surface area (Å²) in [5, 5.41) is 8.38. The summed E-state index contributed by atoms with van der Waals surface area (Å²) in [5.74, 6) is 2.18. The predicted octanol–water partition coefficient (Wildman–Crippen LogP) is -0.438. The van der Waals surface area contributed by atoms with Crippen LogP contribution in [0.1, 0.15) is 10.4 Å². The van der Waals surface area contributed by atoms with Crippen LogP contribution in [0.25, 0.3) is 0 Å². The van der Waals surface area contributed by atoms with Gasteiger partial charge in [-0.15, -0.1) is 0 Å². The molecule has 1 rings (SSSR count). The number of hydrogen-bond donors (Lipinski definition) is 1. The summed E-state index contributed by atoms with van der Waals surface area (Å²) in [6.45, 7) is 0. The van der Waals surface area contributed by atoms with Crippen LogP contribution in [0.4, 0.5) is 0 Å². The van der Waals surface area contributed by atoms with Gasteiger partial charge in [0.15, 0.2) is 0 Å². The maximum absolute atomic E-state index is 10.2. The first-order valence-electron chi connectivity index (χ1n) is 2.86. The van der Waals surface area contributed by atoms with Gasteiger partial charge in [0.2, 0.25) is 0 Å². The van der Waals surface area contributed by atoms with Gasteiger partial charge in [0.1, 0.15) is 0 Å². The fourth-order valence-corrected chi connectivity index (χ4v) is 0.581. The van der Waals surface area contributed by atoms with Crippen LogP contribution < -0.4 is 29.6 Å². The molecule has 12 heavy (non-hydrogen) atoms. The number of hydrogen-bond acceptors (Lipinski definition) is 1. The quantitative estimate of drug-likeness (QED) is 0.533. The molecule has 0 unspecified atom stereocenters. The summed E-state index contributed by atoms with van der Waals surface area (Å²) < 4.78 is 0. The Morgan fingerprint density at radius 1 is 1.25 bits per heavy atom. The molecule has 0 radical (unpaired) electrons. The number of rotatable bonds is 1. The van der Waals surface area contributed by atoms with Crippen LogP contribution in [0.3, 0.4) is 0 Å². The Balaban J connectivity index is 0. The van der Waals surface area contributed by atoms with E-state index >= 15 is 0 Å². The first kappa shape index (κ1) is 14.7. The van der Waals surface area contributed by atoms with E-state index in [2.05, 4.69) is 21.8 Å². The van der Waals surface area contributed by atoms with Gasteiger partial charge >= 0.3 is 35.5 Å². The van der Waals surface area contributed by atoms with Gasteiger partial charge < -0.3 is 21.0 Å². The smallest absolute Gasteiger partial charge is 0.478 e. The van der Waals surface area contributed by atoms with Gasteiger partial charge in [-0.25, -0.2) is 4.79 Å². The topological polar surface area (TPSA) is 37.3 Å². The zero-order valence-electron chi connectivity index (χ0n) is 6.83. The zero-order chi connectivity index (χ0) is 8.69. The van der Waals surface area contributed by atoms with Crippen molar-refractivity contribution in [3.63, 3.8) is 0 Å². The Morgan fingerprint density at radius 2 is 1.67 bits per heavy atom. The first-order valence-corrected chi connectivity index (χ1v) is 3.98. The summed E-state index contributed by atoms with van der Waals surface area (Å²) in [5.41, 5.74) is 0.331. The van der Waals surface area contributed by atoms with Crippen molar-refractivity contribution < 1.29 is 39.5 Å². The number of carboxylic acid groups (broad SMARTS) is 1. The van der Waals surface area contributed by atoms with E-state index in [9.17, 15) is 4.79 Å². The van der Waals surface area contributed by atoms with Crippen LogP contribution in [-0.2, 0) is 0 Å². The molecule has 1 N–H and O–H groups in total. The molecule has 1 aromatic rings. The van der Waals surface area contributed by atoms with E-state index in [1.807, 2.05) is 0 Å². The van der Waals surface area contributed by atoms with Gasteiger partial charge in [0, 0.05) is 0 Å². The molecule has 0 amide bonds. The first-order chi connectivity index (χ1) is 5.30. The zero-order valence-corrected chi connectivity index (χ0v) is 10.4. The van der Waals surface area contributed by atoms with Crippen molar-refractivity contribution in [1.29, 1.82) is 0 Å². The molecule has 0 bridgehead atoms. The number of carboxylic acids is 1. The van der Waals surface area contributed by atoms with E-state index in [0.717, 1.165) is 0 Å². The van der Waals surface area contributed by atoms with Crippen LogP contribution in [0.2, 0.25) is 0 Å². The van der Waals surface area contributed by atoms with Gasteiger partial charge in [-0.1, -0.05) is 18.2 Å². The van der Waals surface area contributed by atoms with E-state index < -0.39 is 5.97 Å². The molecule has 60 valence electrons. The summed E-state index contributed by atoms with van der Waals surface area (Å²) in [4.78, 5) is 10.2. The van der Waals surface area contributed by atoms with Gasteiger partial charge in [0.25, 0.3) is 0 Å². The van der Waals surface area contributed by atoms with Crippen LogP contribution in [0, 0.1) is 5.83 Å². The second-order valence-corrected chi connectivity index (χ2v) is 1.67. The average Bonchev–Trinajstić information content (AvgIpc) is 2.10. The third kappa shape index (κ3) is 5.77. The number of halogens is 1. The SMILES string of the molecule is O=C(O)c1ccccc1.[CH2-]Br.[Na+]. The van der Waals surface area contributed by atoms with Crippen molar-refractivity contribution in [1.82, 2.24) is 0 Å². The maximum atomic E-state index is 10.2. The molecular weight excluding hydrogens is 231 g/mol. The second kappa shape index (κ2) is 9.26. The molecule has 0 saturated carbocycles. The normalized spacial score (nSPS) is 7.17. The number of aromatic carboxylic acids is 1. The minimum atomic E-state index is -0.879. The number of carbonyl (C=O) groups is 1. The Morgan fingerprint density at radius 3 is 1.92 bits per heavy atom. The van der Waals surface area contributed by atoms with Crippen molar-refractivity contribution in [3.05, 3.63) is 41.7 Å². The van der Waals surface area contributed by atoms with Crippen molar-refractivity contribution in [2.45, 2.75) is 0 Å². The summed E-state index contributed by atoms with van der Waals surface area (Å²) in [6.07, 6.45) is 0. The van der Waals surface area contributed by atoms with Gasteiger partial charge in [-0.05, 0) is 12.1 Å². The Labute approximate surface area is 102 Å². The third-order valence-corrected chi connectivity index (χ3v) is 1.02. The largest absolute Gasteiger partial charge is 1.00 e. The average molecular weight is 239 g/mol. The van der Waals surface area contributed by atoms with Crippen LogP contribution >= 0.6 is 15.9 Å². The monoisotopic (exact) mass is 238 g/mol. The van der Waals surface area contributed by atoms with E-state index in [1.54, 1.807) is 30.3 Å². The molecule has 2 nitrogen and oxygen atoms in total. The molecular formula is C8H8BrNaO2. The minimum absolute atomic E-state index is 0. The molecule has 1 aromatic carbocycles. The van der Waals surface area contributed by atoms with Gasteiger partial charge in [0.05, 0.1) is 5.56 Å². The fraction of sp³-hybridized carbons (Fsp3) is 0. The van der Waals surface area contributed by atoms with Crippen molar-refractivity contribution in [2.24, 2.45) is 0 Å². The van der Waals surface area contributed by atoms with Gasteiger partial charge in [-0.3, -0.25) is 5.83 Å². The Hall–Kier alpha value is 0.170. The Bertz CT molecular complexity index is 214. The second-order valence-electron chi connectivity index (χ2n) is 1.67. The third-order valence-electron chi connectivity index (χ3n) is 1.02.